The van der Waals surface area contributed by atoms with Gasteiger partial charge in [-0.3, -0.25) is 4.90 Å². The zero-order chi connectivity index (χ0) is 38.3. The zero-order valence-corrected chi connectivity index (χ0v) is 31.4. The topological polar surface area (TPSA) is 110 Å². The number of rotatable bonds is 17. The number of hydrogen-bond donors (Lipinski definition) is 1. The van der Waals surface area contributed by atoms with Crippen molar-refractivity contribution in [3.63, 3.8) is 0 Å². The van der Waals surface area contributed by atoms with Crippen molar-refractivity contribution in [2.45, 2.75) is 57.0 Å². The van der Waals surface area contributed by atoms with Crippen molar-refractivity contribution in [1.82, 2.24) is 4.90 Å². The molecule has 4 aromatic rings. The lowest BCUT2D eigenvalue weighted by atomic mass is 9.86. The SMILES string of the molecule is O=C(COc1cccc(NC(C(=O)O[C@H]2CN3CCC2CC3)c2ccccc2)c1)O[C@@H](Cc1c(Cl)c[nH+]cc1Cl)c1ccc(OC(F)F)c(OCC2CC2)c1. The molecule has 4 fully saturated rings. The Kier molecular flexibility index (Phi) is 12.5. The Bertz CT molecular complexity index is 1930. The molecule has 55 heavy (non-hydrogen) atoms. The Hall–Kier alpha value is -4.65. The predicted octanol–water partition coefficient (Wildman–Crippen LogP) is 7.89. The van der Waals surface area contributed by atoms with E-state index in [2.05, 4.69) is 15.2 Å². The summed E-state index contributed by atoms with van der Waals surface area (Å²) in [6.07, 6.45) is 6.09. The minimum Gasteiger partial charge on any atom is -0.489 e. The highest BCUT2D eigenvalue weighted by Crippen LogP contribution is 2.38. The molecule has 3 saturated heterocycles. The zero-order valence-electron chi connectivity index (χ0n) is 29.9. The number of carbonyl (C=O) groups excluding carboxylic acids is 2. The summed E-state index contributed by atoms with van der Waals surface area (Å²) in [5.41, 5.74) is 2.29. The maximum atomic E-state index is 13.7. The number of hydrogen-bond acceptors (Lipinski definition) is 9. The van der Waals surface area contributed by atoms with Crippen molar-refractivity contribution in [3.8, 4) is 17.2 Å². The van der Waals surface area contributed by atoms with Crippen LogP contribution in [0.2, 0.25) is 10.0 Å². The van der Waals surface area contributed by atoms with Gasteiger partial charge in [-0.2, -0.15) is 8.78 Å². The van der Waals surface area contributed by atoms with Crippen LogP contribution in [0, 0.1) is 11.8 Å². The van der Waals surface area contributed by atoms with Gasteiger partial charge in [-0.15, -0.1) is 0 Å². The standard InChI is InChI=1S/C41H41Cl2F2N3O7/c42-32-20-46-21-33(43)31(32)19-35(28-11-12-34(55-41(44)45)36(17-28)52-23-25-9-10-25)53-38(49)24-51-30-8-4-7-29(18-30)47-39(27-5-2-1-3-6-27)40(50)54-37-22-48-15-13-26(37)14-16-48/h1-8,11-12,17-18,20-21,25-26,35,37,39,41,47H,9-10,13-16,19,22-24H2/p+1/t35-,37-,39?/m0/s1. The molecule has 0 amide bonds. The molecule has 0 radical (unpaired) electrons. The molecule has 3 aliphatic heterocycles. The molecule has 8 rings (SSSR count). The van der Waals surface area contributed by atoms with Gasteiger partial charge in [0.05, 0.1) is 6.61 Å². The van der Waals surface area contributed by atoms with E-state index < -0.39 is 31.3 Å². The highest BCUT2D eigenvalue weighted by molar-refractivity contribution is 6.35. The second-order valence-electron chi connectivity index (χ2n) is 14.1. The Labute approximate surface area is 328 Å². The average molecular weight is 798 g/mol. The van der Waals surface area contributed by atoms with Gasteiger partial charge in [-0.05, 0) is 86.0 Å². The van der Waals surface area contributed by atoms with Crippen molar-refractivity contribution in [1.29, 1.82) is 0 Å². The average Bonchev–Trinajstić information content (AvgIpc) is 4.02. The fraction of sp³-hybridized carbons (Fsp3) is 0.390. The molecule has 290 valence electrons. The van der Waals surface area contributed by atoms with Gasteiger partial charge in [0.2, 0.25) is 0 Å². The van der Waals surface area contributed by atoms with Crippen molar-refractivity contribution < 1.29 is 47.0 Å². The van der Waals surface area contributed by atoms with Crippen molar-refractivity contribution in [2.75, 3.05) is 38.2 Å². The van der Waals surface area contributed by atoms with Gasteiger partial charge < -0.3 is 29.0 Å². The Morgan fingerprint density at radius 2 is 1.64 bits per heavy atom. The summed E-state index contributed by atoms with van der Waals surface area (Å²) in [7, 11) is 0. The molecular formula is C41H42Cl2F2N3O7+. The Morgan fingerprint density at radius 3 is 2.33 bits per heavy atom. The number of H-pyrrole nitrogens is 1. The number of alkyl halides is 2. The third kappa shape index (κ3) is 10.4. The van der Waals surface area contributed by atoms with E-state index in [1.807, 2.05) is 30.3 Å². The lowest BCUT2D eigenvalue weighted by Gasteiger charge is -2.44. The molecule has 1 saturated carbocycles. The highest BCUT2D eigenvalue weighted by atomic mass is 35.5. The van der Waals surface area contributed by atoms with Crippen LogP contribution in [0.15, 0.2) is 85.2 Å². The number of anilines is 1. The number of nitrogens with one attached hydrogen (secondary N) is 2. The van der Waals surface area contributed by atoms with Crippen LogP contribution in [0.5, 0.6) is 17.2 Å². The van der Waals surface area contributed by atoms with Gasteiger partial charge in [-0.1, -0.05) is 65.7 Å². The summed E-state index contributed by atoms with van der Waals surface area (Å²) in [4.78, 5) is 32.3. The Morgan fingerprint density at radius 1 is 0.873 bits per heavy atom. The summed E-state index contributed by atoms with van der Waals surface area (Å²) in [6.45, 7) is -0.358. The lowest BCUT2D eigenvalue weighted by molar-refractivity contribution is -0.377. The number of esters is 2. The fourth-order valence-electron chi connectivity index (χ4n) is 6.97. The largest absolute Gasteiger partial charge is 0.489 e. The van der Waals surface area contributed by atoms with Gasteiger partial charge in [-0.25, -0.2) is 14.6 Å². The first-order chi connectivity index (χ1) is 26.7. The molecular weight excluding hydrogens is 755 g/mol. The monoisotopic (exact) mass is 796 g/mol. The normalized spacial score (nSPS) is 20.0. The number of pyridine rings is 1. The van der Waals surface area contributed by atoms with E-state index in [9.17, 15) is 18.4 Å². The summed E-state index contributed by atoms with van der Waals surface area (Å²) >= 11 is 12.9. The molecule has 2 N–H and O–H groups in total. The van der Waals surface area contributed by atoms with E-state index in [0.717, 1.165) is 50.9 Å². The van der Waals surface area contributed by atoms with E-state index in [4.69, 9.17) is 46.9 Å². The second-order valence-corrected chi connectivity index (χ2v) is 14.9. The van der Waals surface area contributed by atoms with Crippen LogP contribution in [-0.2, 0) is 25.5 Å². The molecule has 0 spiro atoms. The lowest BCUT2D eigenvalue weighted by Crippen LogP contribution is -2.52. The number of aromatic amines is 1. The Balaban J connectivity index is 1.05. The van der Waals surface area contributed by atoms with Crippen LogP contribution in [-0.4, -0.2) is 62.4 Å². The molecule has 1 aromatic heterocycles. The van der Waals surface area contributed by atoms with Crippen LogP contribution in [0.3, 0.4) is 0 Å². The van der Waals surface area contributed by atoms with E-state index in [1.165, 1.54) is 18.2 Å². The van der Waals surface area contributed by atoms with Crippen LogP contribution in [0.25, 0.3) is 0 Å². The molecule has 4 aliphatic rings. The summed E-state index contributed by atoms with van der Waals surface area (Å²) in [5.74, 6) is -0.0474. The van der Waals surface area contributed by atoms with Crippen LogP contribution in [0.1, 0.15) is 54.5 Å². The number of benzene rings is 3. The number of carbonyl (C=O) groups is 2. The van der Waals surface area contributed by atoms with Crippen molar-refractivity contribution in [2.24, 2.45) is 11.8 Å². The summed E-state index contributed by atoms with van der Waals surface area (Å²) < 4.78 is 55.0. The molecule has 3 atom stereocenters. The maximum absolute atomic E-state index is 13.7. The van der Waals surface area contributed by atoms with Gasteiger partial charge >= 0.3 is 18.6 Å². The number of nitrogens with zero attached hydrogens (tertiary/aromatic N) is 1. The second kappa shape index (κ2) is 17.9. The van der Waals surface area contributed by atoms with Crippen molar-refractivity contribution >= 4 is 40.8 Å². The molecule has 4 heterocycles. The van der Waals surface area contributed by atoms with Gasteiger partial charge in [0, 0.05) is 30.3 Å². The molecule has 2 bridgehead atoms. The van der Waals surface area contributed by atoms with Crippen molar-refractivity contribution in [3.05, 3.63) is 112 Å². The first-order valence-corrected chi connectivity index (χ1v) is 19.2. The fourth-order valence-corrected chi connectivity index (χ4v) is 7.50. The van der Waals surface area contributed by atoms with Gasteiger partial charge in [0.15, 0.2) is 36.5 Å². The van der Waals surface area contributed by atoms with Crippen LogP contribution in [0.4, 0.5) is 14.5 Å². The smallest absolute Gasteiger partial charge is 0.387 e. The molecule has 3 aromatic carbocycles. The van der Waals surface area contributed by atoms with Crippen LogP contribution < -0.4 is 24.5 Å². The number of aromatic nitrogens is 1. The van der Waals surface area contributed by atoms with Gasteiger partial charge in [0.25, 0.3) is 0 Å². The van der Waals surface area contributed by atoms with E-state index in [1.54, 1.807) is 36.7 Å². The number of fused-ring (bicyclic) bond motifs is 3. The predicted molar refractivity (Wildman–Crippen MR) is 201 cm³/mol. The third-order valence-corrected chi connectivity index (χ3v) is 10.8. The maximum Gasteiger partial charge on any atom is 0.387 e. The molecule has 10 nitrogen and oxygen atoms in total. The van der Waals surface area contributed by atoms with E-state index in [-0.39, 0.29) is 30.0 Å². The molecule has 1 aliphatic carbocycles. The van der Waals surface area contributed by atoms with Gasteiger partial charge in [0.1, 0.15) is 28.0 Å². The summed E-state index contributed by atoms with van der Waals surface area (Å²) in [5, 5.41) is 3.95. The molecule has 14 heteroatoms. The number of ether oxygens (including phenoxy) is 5. The highest BCUT2D eigenvalue weighted by Gasteiger charge is 2.38. The minimum atomic E-state index is -3.06. The first-order valence-electron chi connectivity index (χ1n) is 18.4. The summed E-state index contributed by atoms with van der Waals surface area (Å²) in [6, 6.07) is 19.9. The quantitative estimate of drug-likeness (QED) is 0.107. The molecule has 1 unspecified atom stereocenters. The first kappa shape index (κ1) is 38.6. The third-order valence-electron chi connectivity index (χ3n) is 10.1. The van der Waals surface area contributed by atoms with E-state index >= 15 is 0 Å². The number of halogens is 4. The number of piperidine rings is 3. The van der Waals surface area contributed by atoms with E-state index in [0.29, 0.717) is 51.1 Å². The van der Waals surface area contributed by atoms with Crippen LogP contribution >= 0.6 is 23.2 Å². The minimum absolute atomic E-state index is 0.0607.